The van der Waals surface area contributed by atoms with E-state index in [1.165, 1.54) is 0 Å². The minimum Gasteiger partial charge on any atom is -0.393 e. The number of aliphatic hydroxyl groups excluding tert-OH is 5. The van der Waals surface area contributed by atoms with Gasteiger partial charge >= 0.3 is 0 Å². The lowest BCUT2D eigenvalue weighted by atomic mass is 9.84. The van der Waals surface area contributed by atoms with Gasteiger partial charge in [0.05, 0.1) is 30.5 Å². The highest BCUT2D eigenvalue weighted by Gasteiger charge is 2.28. The van der Waals surface area contributed by atoms with Gasteiger partial charge < -0.3 is 25.5 Å². The van der Waals surface area contributed by atoms with Crippen LogP contribution in [0.15, 0.2) is 0 Å². The summed E-state index contributed by atoms with van der Waals surface area (Å²) in [5.74, 6) is 0. The van der Waals surface area contributed by atoms with Gasteiger partial charge in [-0.3, -0.25) is 0 Å². The van der Waals surface area contributed by atoms with Gasteiger partial charge in [-0.25, -0.2) is 0 Å². The van der Waals surface area contributed by atoms with E-state index in [0.717, 1.165) is 0 Å². The summed E-state index contributed by atoms with van der Waals surface area (Å²) in [6.07, 6.45) is -3.18. The van der Waals surface area contributed by atoms with Gasteiger partial charge in [-0.15, -0.1) is 0 Å². The molecule has 4 unspecified atom stereocenters. The second-order valence-corrected chi connectivity index (χ2v) is 8.67. The molecule has 0 aromatic carbocycles. The van der Waals surface area contributed by atoms with Crippen molar-refractivity contribution < 1.29 is 25.5 Å². The van der Waals surface area contributed by atoms with Crippen molar-refractivity contribution in [2.45, 2.75) is 97.7 Å². The Balaban J connectivity index is 4.19. The van der Waals surface area contributed by atoms with E-state index >= 15 is 0 Å². The maximum atomic E-state index is 9.94. The molecular formula is C17H36O5. The normalized spacial score (nSPS) is 20.3. The van der Waals surface area contributed by atoms with Crippen molar-refractivity contribution in [3.63, 3.8) is 0 Å². The quantitative estimate of drug-likeness (QED) is 0.466. The first-order valence-electron chi connectivity index (χ1n) is 8.13. The largest absolute Gasteiger partial charge is 0.393 e. The third-order valence-corrected chi connectivity index (χ3v) is 4.08. The van der Waals surface area contributed by atoms with Crippen LogP contribution in [-0.2, 0) is 0 Å². The molecule has 0 bridgehead atoms. The van der Waals surface area contributed by atoms with Crippen LogP contribution in [0.4, 0.5) is 0 Å². The highest BCUT2D eigenvalue weighted by Crippen LogP contribution is 2.26. The van der Waals surface area contributed by atoms with Gasteiger partial charge in [0.25, 0.3) is 0 Å². The zero-order chi connectivity index (χ0) is 17.7. The average Bonchev–Trinajstić information content (AvgIpc) is 2.24. The summed E-state index contributed by atoms with van der Waals surface area (Å²) in [5.41, 5.74) is -0.634. The topological polar surface area (TPSA) is 101 Å². The summed E-state index contributed by atoms with van der Waals surface area (Å²) in [6.45, 7) is 11.3. The fourth-order valence-electron chi connectivity index (χ4n) is 2.14. The predicted octanol–water partition coefficient (Wildman–Crippen LogP) is 1.44. The Morgan fingerprint density at radius 2 is 0.727 bits per heavy atom. The van der Waals surface area contributed by atoms with Gasteiger partial charge in [-0.05, 0) is 36.5 Å². The lowest BCUT2D eigenvalue weighted by Crippen LogP contribution is -2.34. The summed E-state index contributed by atoms with van der Waals surface area (Å²) in [5, 5.41) is 49.7. The number of hydrogen-bond acceptors (Lipinski definition) is 5. The molecule has 0 spiro atoms. The van der Waals surface area contributed by atoms with E-state index in [0.29, 0.717) is 0 Å². The molecule has 0 radical (unpaired) electrons. The molecule has 0 aliphatic carbocycles. The van der Waals surface area contributed by atoms with E-state index in [-0.39, 0.29) is 36.5 Å². The molecule has 0 saturated carbocycles. The molecule has 22 heavy (non-hydrogen) atoms. The van der Waals surface area contributed by atoms with Gasteiger partial charge in [0.1, 0.15) is 0 Å². The van der Waals surface area contributed by atoms with Crippen LogP contribution in [0, 0.1) is 10.8 Å². The maximum absolute atomic E-state index is 9.94. The molecule has 0 aromatic heterocycles. The molecule has 0 amide bonds. The second kappa shape index (κ2) is 8.60. The standard InChI is InChI=1S/C17H36O5/c1-16(2,3)14(21)9-12(19)7-11(18)8-13(20)10-15(22)17(4,5)6/h11-15,18-22H,7-10H2,1-6H3. The zero-order valence-corrected chi connectivity index (χ0v) is 15.0. The number of rotatable bonds is 8. The Hall–Kier alpha value is -0.200. The van der Waals surface area contributed by atoms with E-state index in [1.54, 1.807) is 0 Å². The third-order valence-electron chi connectivity index (χ3n) is 4.08. The first kappa shape index (κ1) is 21.8. The van der Waals surface area contributed by atoms with E-state index in [1.807, 2.05) is 41.5 Å². The van der Waals surface area contributed by atoms with Crippen LogP contribution in [0.25, 0.3) is 0 Å². The Kier molecular flexibility index (Phi) is 8.52. The summed E-state index contributed by atoms with van der Waals surface area (Å²) >= 11 is 0. The predicted molar refractivity (Wildman–Crippen MR) is 87.4 cm³/mol. The molecule has 0 aliphatic rings. The molecule has 134 valence electrons. The highest BCUT2D eigenvalue weighted by atomic mass is 16.3. The Bertz CT molecular complexity index is 275. The molecular weight excluding hydrogens is 284 g/mol. The molecule has 5 nitrogen and oxygen atoms in total. The second-order valence-electron chi connectivity index (χ2n) is 8.67. The molecule has 0 aromatic rings. The Morgan fingerprint density at radius 3 is 0.955 bits per heavy atom. The van der Waals surface area contributed by atoms with Crippen molar-refractivity contribution in [2.24, 2.45) is 10.8 Å². The molecule has 0 heterocycles. The van der Waals surface area contributed by atoms with Crippen LogP contribution < -0.4 is 0 Å². The minimum absolute atomic E-state index is 0.107. The van der Waals surface area contributed by atoms with Crippen LogP contribution in [0.5, 0.6) is 0 Å². The van der Waals surface area contributed by atoms with Crippen molar-refractivity contribution in [1.29, 1.82) is 0 Å². The molecule has 5 heteroatoms. The van der Waals surface area contributed by atoms with Crippen LogP contribution in [0.3, 0.4) is 0 Å². The smallest absolute Gasteiger partial charge is 0.0613 e. The average molecular weight is 320 g/mol. The number of aliphatic hydroxyl groups is 5. The summed E-state index contributed by atoms with van der Waals surface area (Å²) in [6, 6.07) is 0. The van der Waals surface area contributed by atoms with Crippen molar-refractivity contribution >= 4 is 0 Å². The van der Waals surface area contributed by atoms with Gasteiger partial charge in [0.15, 0.2) is 0 Å². The third kappa shape index (κ3) is 9.06. The van der Waals surface area contributed by atoms with E-state index in [9.17, 15) is 25.5 Å². The molecule has 4 atom stereocenters. The lowest BCUT2D eigenvalue weighted by molar-refractivity contribution is -0.0241. The number of hydrogen-bond donors (Lipinski definition) is 5. The Labute approximate surface area is 135 Å². The summed E-state index contributed by atoms with van der Waals surface area (Å²) < 4.78 is 0. The fraction of sp³-hybridized carbons (Fsp3) is 1.00. The Morgan fingerprint density at radius 1 is 0.500 bits per heavy atom. The van der Waals surface area contributed by atoms with Gasteiger partial charge in [-0.1, -0.05) is 41.5 Å². The molecule has 0 rings (SSSR count). The maximum Gasteiger partial charge on any atom is 0.0613 e. The van der Waals surface area contributed by atoms with Gasteiger partial charge in [0, 0.05) is 0 Å². The van der Waals surface area contributed by atoms with E-state index in [2.05, 4.69) is 0 Å². The highest BCUT2D eigenvalue weighted by molar-refractivity contribution is 4.80. The molecule has 0 saturated heterocycles. The SMILES string of the molecule is CC(C)(C)C(O)CC(O)CC(O)CC(O)CC(O)C(C)(C)C. The van der Waals surface area contributed by atoms with Gasteiger partial charge in [0.2, 0.25) is 0 Å². The first-order valence-corrected chi connectivity index (χ1v) is 8.13. The van der Waals surface area contributed by atoms with Crippen LogP contribution >= 0.6 is 0 Å². The zero-order valence-electron chi connectivity index (χ0n) is 15.0. The lowest BCUT2D eigenvalue weighted by Gasteiger charge is -2.29. The summed E-state index contributed by atoms with van der Waals surface area (Å²) in [4.78, 5) is 0. The monoisotopic (exact) mass is 320 g/mol. The van der Waals surface area contributed by atoms with Crippen molar-refractivity contribution in [2.75, 3.05) is 0 Å². The van der Waals surface area contributed by atoms with Crippen molar-refractivity contribution in [3.05, 3.63) is 0 Å². The fourth-order valence-corrected chi connectivity index (χ4v) is 2.14. The first-order chi connectivity index (χ1) is 9.73. The van der Waals surface area contributed by atoms with E-state index in [4.69, 9.17) is 0 Å². The van der Waals surface area contributed by atoms with Crippen LogP contribution in [0.1, 0.15) is 67.2 Å². The van der Waals surface area contributed by atoms with Gasteiger partial charge in [-0.2, -0.15) is 0 Å². The van der Waals surface area contributed by atoms with Crippen molar-refractivity contribution in [1.82, 2.24) is 0 Å². The van der Waals surface area contributed by atoms with E-state index < -0.39 is 30.5 Å². The summed E-state index contributed by atoms with van der Waals surface area (Å²) in [7, 11) is 0. The van der Waals surface area contributed by atoms with Crippen LogP contribution in [-0.4, -0.2) is 56.1 Å². The van der Waals surface area contributed by atoms with Crippen LogP contribution in [0.2, 0.25) is 0 Å². The molecule has 0 fully saturated rings. The molecule has 0 aliphatic heterocycles. The molecule has 5 N–H and O–H groups in total. The van der Waals surface area contributed by atoms with Crippen molar-refractivity contribution in [3.8, 4) is 0 Å². The minimum atomic E-state index is -0.857.